The Bertz CT molecular complexity index is 633. The number of ether oxygens (including phenoxy) is 1. The Morgan fingerprint density at radius 3 is 1.64 bits per heavy atom. The Labute approximate surface area is 225 Å². The SMILES string of the molecule is CCCCCCCCCCOc1ccc(CC[C@H]2CC[C@H]([C@H]3CC[C@H](CCCCC)CC3)CC2)cc1. The van der Waals surface area contributed by atoms with E-state index in [9.17, 15) is 0 Å². The van der Waals surface area contributed by atoms with Crippen molar-refractivity contribution in [3.63, 3.8) is 0 Å². The second kappa shape index (κ2) is 18.3. The third-order valence-electron chi connectivity index (χ3n) is 9.70. The van der Waals surface area contributed by atoms with Crippen LogP contribution in [0.5, 0.6) is 5.75 Å². The monoisotopic (exact) mass is 496 g/mol. The molecule has 206 valence electrons. The van der Waals surface area contributed by atoms with Crippen LogP contribution < -0.4 is 4.74 Å². The summed E-state index contributed by atoms with van der Waals surface area (Å²) in [6.45, 7) is 5.49. The standard InChI is InChI=1S/C35H60O/c1-3-5-7-8-9-10-11-13-29-36-35-27-21-32(22-28-35)16-15-31-19-25-34(26-20-31)33-23-17-30(18-24-33)14-12-6-4-2/h21-22,27-28,30-31,33-34H,3-20,23-26,29H2,1-2H3/t30-,31-,33-,34-. The van der Waals surface area contributed by atoms with Crippen molar-refractivity contribution in [1.82, 2.24) is 0 Å². The van der Waals surface area contributed by atoms with Crippen molar-refractivity contribution in [3.8, 4) is 5.75 Å². The van der Waals surface area contributed by atoms with Gasteiger partial charge in [-0.3, -0.25) is 0 Å². The molecule has 36 heavy (non-hydrogen) atoms. The predicted octanol–water partition coefficient (Wildman–Crippen LogP) is 11.3. The van der Waals surface area contributed by atoms with Gasteiger partial charge in [0, 0.05) is 0 Å². The lowest BCUT2D eigenvalue weighted by molar-refractivity contribution is 0.140. The van der Waals surface area contributed by atoms with Crippen molar-refractivity contribution in [1.29, 1.82) is 0 Å². The molecule has 1 nitrogen and oxygen atoms in total. The Morgan fingerprint density at radius 2 is 1.06 bits per heavy atom. The third-order valence-corrected chi connectivity index (χ3v) is 9.70. The van der Waals surface area contributed by atoms with Crippen LogP contribution in [0.2, 0.25) is 0 Å². The van der Waals surface area contributed by atoms with E-state index < -0.39 is 0 Å². The molecule has 2 aliphatic rings. The van der Waals surface area contributed by atoms with Gasteiger partial charge in [0.05, 0.1) is 6.61 Å². The summed E-state index contributed by atoms with van der Waals surface area (Å²) in [7, 11) is 0. The molecule has 0 heterocycles. The summed E-state index contributed by atoms with van der Waals surface area (Å²) in [4.78, 5) is 0. The molecule has 0 aromatic heterocycles. The molecule has 3 rings (SSSR count). The molecule has 0 aliphatic heterocycles. The first-order valence-corrected chi connectivity index (χ1v) is 16.5. The quantitative estimate of drug-likeness (QED) is 0.184. The van der Waals surface area contributed by atoms with Gasteiger partial charge in [-0.05, 0) is 86.3 Å². The maximum Gasteiger partial charge on any atom is 0.119 e. The minimum atomic E-state index is 0.873. The number of rotatable bonds is 18. The van der Waals surface area contributed by atoms with Gasteiger partial charge in [0.2, 0.25) is 0 Å². The maximum atomic E-state index is 6.00. The minimum absolute atomic E-state index is 0.873. The van der Waals surface area contributed by atoms with Crippen molar-refractivity contribution < 1.29 is 4.74 Å². The Morgan fingerprint density at radius 1 is 0.556 bits per heavy atom. The van der Waals surface area contributed by atoms with Crippen LogP contribution in [-0.2, 0) is 6.42 Å². The molecule has 0 bridgehead atoms. The molecule has 0 radical (unpaired) electrons. The van der Waals surface area contributed by atoms with Gasteiger partial charge >= 0.3 is 0 Å². The second-order valence-electron chi connectivity index (χ2n) is 12.6. The van der Waals surface area contributed by atoms with Crippen LogP contribution in [0.15, 0.2) is 24.3 Å². The average Bonchev–Trinajstić information content (AvgIpc) is 2.92. The van der Waals surface area contributed by atoms with Crippen molar-refractivity contribution in [2.24, 2.45) is 23.7 Å². The number of unbranched alkanes of at least 4 members (excludes halogenated alkanes) is 9. The fourth-order valence-electron chi connectivity index (χ4n) is 7.13. The lowest BCUT2D eigenvalue weighted by Crippen LogP contribution is -2.26. The summed E-state index contributed by atoms with van der Waals surface area (Å²) in [5.41, 5.74) is 1.50. The van der Waals surface area contributed by atoms with E-state index in [1.807, 2.05) is 0 Å². The molecule has 2 aliphatic carbocycles. The highest BCUT2D eigenvalue weighted by molar-refractivity contribution is 5.27. The molecular formula is C35H60O. The second-order valence-corrected chi connectivity index (χ2v) is 12.6. The van der Waals surface area contributed by atoms with E-state index in [4.69, 9.17) is 4.74 Å². The van der Waals surface area contributed by atoms with E-state index in [1.54, 1.807) is 12.8 Å². The van der Waals surface area contributed by atoms with Crippen LogP contribution in [-0.4, -0.2) is 6.61 Å². The molecule has 1 aromatic rings. The Kier molecular flexibility index (Phi) is 15.0. The van der Waals surface area contributed by atoms with E-state index >= 15 is 0 Å². The van der Waals surface area contributed by atoms with E-state index in [-0.39, 0.29) is 0 Å². The molecule has 0 saturated heterocycles. The molecule has 1 aromatic carbocycles. The third kappa shape index (κ3) is 11.6. The average molecular weight is 497 g/mol. The molecule has 2 fully saturated rings. The van der Waals surface area contributed by atoms with Gasteiger partial charge in [-0.15, -0.1) is 0 Å². The first kappa shape index (κ1) is 29.6. The van der Waals surface area contributed by atoms with Crippen LogP contribution in [0.1, 0.15) is 154 Å². The lowest BCUT2D eigenvalue weighted by Gasteiger charge is -2.38. The van der Waals surface area contributed by atoms with Gasteiger partial charge in [0.1, 0.15) is 5.75 Å². The largest absolute Gasteiger partial charge is 0.494 e. The van der Waals surface area contributed by atoms with Crippen LogP contribution in [0, 0.1) is 23.7 Å². The maximum absolute atomic E-state index is 6.00. The summed E-state index contributed by atoms with van der Waals surface area (Å²) in [5.74, 6) is 5.19. The van der Waals surface area contributed by atoms with Crippen LogP contribution >= 0.6 is 0 Å². The van der Waals surface area contributed by atoms with Gasteiger partial charge in [0.15, 0.2) is 0 Å². The molecule has 0 amide bonds. The first-order valence-electron chi connectivity index (χ1n) is 16.5. The topological polar surface area (TPSA) is 9.23 Å². The number of hydrogen-bond acceptors (Lipinski definition) is 1. The summed E-state index contributed by atoms with van der Waals surface area (Å²) in [6.07, 6.45) is 31.4. The molecule has 0 atom stereocenters. The van der Waals surface area contributed by atoms with Crippen LogP contribution in [0.25, 0.3) is 0 Å². The zero-order valence-corrected chi connectivity index (χ0v) is 24.3. The minimum Gasteiger partial charge on any atom is -0.494 e. The van der Waals surface area contributed by atoms with Crippen LogP contribution in [0.3, 0.4) is 0 Å². The van der Waals surface area contributed by atoms with E-state index in [2.05, 4.69) is 38.1 Å². The van der Waals surface area contributed by atoms with Gasteiger partial charge in [-0.25, -0.2) is 0 Å². The van der Waals surface area contributed by atoms with Crippen LogP contribution in [0.4, 0.5) is 0 Å². The van der Waals surface area contributed by atoms with Gasteiger partial charge in [-0.1, -0.05) is 122 Å². The number of hydrogen-bond donors (Lipinski definition) is 0. The molecular weight excluding hydrogens is 436 g/mol. The zero-order chi connectivity index (χ0) is 25.3. The highest BCUT2D eigenvalue weighted by Gasteiger charge is 2.30. The van der Waals surface area contributed by atoms with Gasteiger partial charge in [-0.2, -0.15) is 0 Å². The normalized spacial score (nSPS) is 24.6. The van der Waals surface area contributed by atoms with Crippen molar-refractivity contribution in [3.05, 3.63) is 29.8 Å². The first-order chi connectivity index (χ1) is 17.8. The predicted molar refractivity (Wildman–Crippen MR) is 158 cm³/mol. The van der Waals surface area contributed by atoms with E-state index in [0.29, 0.717) is 0 Å². The molecule has 0 unspecified atom stereocenters. The summed E-state index contributed by atoms with van der Waals surface area (Å²) in [6, 6.07) is 9.03. The van der Waals surface area contributed by atoms with Crippen molar-refractivity contribution in [2.45, 2.75) is 155 Å². The highest BCUT2D eigenvalue weighted by atomic mass is 16.5. The highest BCUT2D eigenvalue weighted by Crippen LogP contribution is 2.43. The van der Waals surface area contributed by atoms with Gasteiger partial charge < -0.3 is 4.74 Å². The summed E-state index contributed by atoms with van der Waals surface area (Å²) >= 11 is 0. The molecule has 1 heteroatoms. The van der Waals surface area contributed by atoms with E-state index in [1.165, 1.54) is 134 Å². The lowest BCUT2D eigenvalue weighted by atomic mass is 9.68. The Hall–Kier alpha value is -0.980. The van der Waals surface area contributed by atoms with Crippen molar-refractivity contribution in [2.75, 3.05) is 6.61 Å². The summed E-state index contributed by atoms with van der Waals surface area (Å²) < 4.78 is 6.00. The fraction of sp³-hybridized carbons (Fsp3) is 0.829. The van der Waals surface area contributed by atoms with Crippen molar-refractivity contribution >= 4 is 0 Å². The molecule has 2 saturated carbocycles. The van der Waals surface area contributed by atoms with E-state index in [0.717, 1.165) is 36.0 Å². The Balaban J connectivity index is 1.21. The number of benzene rings is 1. The molecule has 0 N–H and O–H groups in total. The fourth-order valence-corrected chi connectivity index (χ4v) is 7.13. The summed E-state index contributed by atoms with van der Waals surface area (Å²) in [5, 5.41) is 0. The zero-order valence-electron chi connectivity index (χ0n) is 24.3. The van der Waals surface area contributed by atoms with Gasteiger partial charge in [0.25, 0.3) is 0 Å². The molecule has 0 spiro atoms. The number of aryl methyl sites for hydroxylation is 1. The smallest absolute Gasteiger partial charge is 0.119 e.